The van der Waals surface area contributed by atoms with Crippen molar-refractivity contribution in [1.82, 2.24) is 4.90 Å². The Morgan fingerprint density at radius 1 is 1.28 bits per heavy atom. The quantitative estimate of drug-likeness (QED) is 0.783. The maximum Gasteiger partial charge on any atom is 0.222 e. The zero-order valence-corrected chi connectivity index (χ0v) is 12.4. The molecule has 104 valence electrons. The second kappa shape index (κ2) is 5.82. The fraction of sp³-hybridized carbons (Fsp3) is 0.917. The van der Waals surface area contributed by atoms with Crippen molar-refractivity contribution >= 4 is 27.5 Å². The van der Waals surface area contributed by atoms with Gasteiger partial charge in [0, 0.05) is 19.5 Å². The number of rotatable bonds is 3. The average Bonchev–Trinajstić information content (AvgIpc) is 2.70. The molecule has 0 radical (unpaired) electrons. The minimum Gasteiger partial charge on any atom is -0.342 e. The molecule has 2 saturated heterocycles. The van der Waals surface area contributed by atoms with E-state index in [0.29, 0.717) is 18.8 Å². The van der Waals surface area contributed by atoms with Gasteiger partial charge in [-0.1, -0.05) is 0 Å². The van der Waals surface area contributed by atoms with Gasteiger partial charge in [-0.25, -0.2) is 8.42 Å². The molecule has 2 aliphatic rings. The molecule has 6 heteroatoms. The first-order valence-corrected chi connectivity index (χ1v) is 9.49. The number of nitrogens with zero attached hydrogens (tertiary/aromatic N) is 1. The van der Waals surface area contributed by atoms with Crippen LogP contribution in [0.4, 0.5) is 0 Å². The SMILES string of the molecule is CN(C(=O)CC1CCSCC1)C1CCS(=O)(=O)C1. The van der Waals surface area contributed by atoms with Gasteiger partial charge in [0.25, 0.3) is 0 Å². The van der Waals surface area contributed by atoms with Crippen molar-refractivity contribution in [2.24, 2.45) is 5.92 Å². The molecule has 2 heterocycles. The van der Waals surface area contributed by atoms with Crippen molar-refractivity contribution in [2.45, 2.75) is 31.7 Å². The Labute approximate surface area is 113 Å². The summed E-state index contributed by atoms with van der Waals surface area (Å²) >= 11 is 1.95. The molecule has 0 saturated carbocycles. The Morgan fingerprint density at radius 3 is 2.50 bits per heavy atom. The first-order chi connectivity index (χ1) is 8.48. The van der Waals surface area contributed by atoms with Gasteiger partial charge in [-0.2, -0.15) is 11.8 Å². The molecule has 1 amide bonds. The monoisotopic (exact) mass is 291 g/mol. The van der Waals surface area contributed by atoms with Gasteiger partial charge >= 0.3 is 0 Å². The van der Waals surface area contributed by atoms with Crippen LogP contribution in [0, 0.1) is 5.92 Å². The molecule has 1 atom stereocenters. The summed E-state index contributed by atoms with van der Waals surface area (Å²) in [4.78, 5) is 13.8. The van der Waals surface area contributed by atoms with Gasteiger partial charge < -0.3 is 4.90 Å². The summed E-state index contributed by atoms with van der Waals surface area (Å²) in [5.41, 5.74) is 0. The Hall–Kier alpha value is -0.230. The number of amides is 1. The highest BCUT2D eigenvalue weighted by Crippen LogP contribution is 2.26. The molecular weight excluding hydrogens is 270 g/mol. The number of sulfone groups is 1. The van der Waals surface area contributed by atoms with Gasteiger partial charge in [-0.15, -0.1) is 0 Å². The lowest BCUT2D eigenvalue weighted by Crippen LogP contribution is -2.38. The second-order valence-electron chi connectivity index (χ2n) is 5.32. The number of carbonyl (C=O) groups is 1. The zero-order valence-electron chi connectivity index (χ0n) is 10.8. The summed E-state index contributed by atoms with van der Waals surface area (Å²) in [5, 5.41) is 0. The van der Waals surface area contributed by atoms with Crippen molar-refractivity contribution in [2.75, 3.05) is 30.1 Å². The molecule has 2 rings (SSSR count). The van der Waals surface area contributed by atoms with Crippen LogP contribution in [0.15, 0.2) is 0 Å². The third-order valence-electron chi connectivity index (χ3n) is 3.95. The van der Waals surface area contributed by atoms with Crippen LogP contribution in [-0.2, 0) is 14.6 Å². The maximum atomic E-state index is 12.1. The highest BCUT2D eigenvalue weighted by atomic mass is 32.2. The first-order valence-electron chi connectivity index (χ1n) is 6.52. The third kappa shape index (κ3) is 3.63. The Bertz CT molecular complexity index is 402. The van der Waals surface area contributed by atoms with E-state index in [2.05, 4.69) is 0 Å². The van der Waals surface area contributed by atoms with Crippen molar-refractivity contribution in [1.29, 1.82) is 0 Å². The van der Waals surface area contributed by atoms with Gasteiger partial charge in [0.05, 0.1) is 11.5 Å². The maximum absolute atomic E-state index is 12.1. The molecule has 0 aliphatic carbocycles. The summed E-state index contributed by atoms with van der Waals surface area (Å²) < 4.78 is 22.8. The molecule has 1 unspecified atom stereocenters. The summed E-state index contributed by atoms with van der Waals surface area (Å²) in [6.07, 6.45) is 3.43. The number of hydrogen-bond acceptors (Lipinski definition) is 4. The lowest BCUT2D eigenvalue weighted by molar-refractivity contribution is -0.132. The lowest BCUT2D eigenvalue weighted by atomic mass is 9.98. The predicted molar refractivity (Wildman–Crippen MR) is 74.5 cm³/mol. The van der Waals surface area contributed by atoms with Crippen molar-refractivity contribution in [3.05, 3.63) is 0 Å². The minimum absolute atomic E-state index is 0.0968. The van der Waals surface area contributed by atoms with Crippen LogP contribution in [0.1, 0.15) is 25.7 Å². The molecule has 0 aromatic rings. The Kier molecular flexibility index (Phi) is 4.59. The van der Waals surface area contributed by atoms with Gasteiger partial charge in [-0.05, 0) is 36.7 Å². The van der Waals surface area contributed by atoms with E-state index in [1.807, 2.05) is 11.8 Å². The van der Waals surface area contributed by atoms with Crippen LogP contribution in [0.2, 0.25) is 0 Å². The summed E-state index contributed by atoms with van der Waals surface area (Å²) in [6.45, 7) is 0. The van der Waals surface area contributed by atoms with Gasteiger partial charge in [0.15, 0.2) is 9.84 Å². The van der Waals surface area contributed by atoms with Crippen LogP contribution in [0.3, 0.4) is 0 Å². The third-order valence-corrected chi connectivity index (χ3v) is 6.75. The zero-order chi connectivity index (χ0) is 13.2. The normalized spacial score (nSPS) is 28.2. The van der Waals surface area contributed by atoms with Crippen LogP contribution in [0.25, 0.3) is 0 Å². The van der Waals surface area contributed by atoms with E-state index in [0.717, 1.165) is 24.3 Å². The molecule has 0 spiro atoms. The largest absolute Gasteiger partial charge is 0.342 e. The fourth-order valence-electron chi connectivity index (χ4n) is 2.63. The standard InChI is InChI=1S/C12H21NO3S2/c1-13(11-4-7-18(15,16)9-11)12(14)8-10-2-5-17-6-3-10/h10-11H,2-9H2,1H3. The summed E-state index contributed by atoms with van der Waals surface area (Å²) in [5.74, 6) is 3.30. The average molecular weight is 291 g/mol. The van der Waals surface area contributed by atoms with E-state index in [1.54, 1.807) is 11.9 Å². The molecule has 0 N–H and O–H groups in total. The smallest absolute Gasteiger partial charge is 0.222 e. The van der Waals surface area contributed by atoms with E-state index >= 15 is 0 Å². The predicted octanol–water partition coefficient (Wildman–Crippen LogP) is 1.17. The molecule has 18 heavy (non-hydrogen) atoms. The molecule has 0 aromatic heterocycles. The van der Waals surface area contributed by atoms with Gasteiger partial charge in [-0.3, -0.25) is 4.79 Å². The van der Waals surface area contributed by atoms with Gasteiger partial charge in [0.2, 0.25) is 5.91 Å². The minimum atomic E-state index is -2.90. The van der Waals surface area contributed by atoms with Crippen LogP contribution < -0.4 is 0 Å². The second-order valence-corrected chi connectivity index (χ2v) is 8.77. The van der Waals surface area contributed by atoms with E-state index in [4.69, 9.17) is 0 Å². The highest BCUT2D eigenvalue weighted by molar-refractivity contribution is 7.99. The van der Waals surface area contributed by atoms with Crippen molar-refractivity contribution < 1.29 is 13.2 Å². The van der Waals surface area contributed by atoms with Crippen LogP contribution in [0.5, 0.6) is 0 Å². The number of hydrogen-bond donors (Lipinski definition) is 0. The highest BCUT2D eigenvalue weighted by Gasteiger charge is 2.33. The van der Waals surface area contributed by atoms with Crippen LogP contribution in [-0.4, -0.2) is 55.3 Å². The summed E-state index contributed by atoms with van der Waals surface area (Å²) in [7, 11) is -1.15. The molecule has 2 fully saturated rings. The fourth-order valence-corrected chi connectivity index (χ4v) is 5.60. The van der Waals surface area contributed by atoms with Crippen LogP contribution >= 0.6 is 11.8 Å². The lowest BCUT2D eigenvalue weighted by Gasteiger charge is -2.27. The van der Waals surface area contributed by atoms with E-state index in [9.17, 15) is 13.2 Å². The van der Waals surface area contributed by atoms with E-state index in [1.165, 1.54) is 0 Å². The van der Waals surface area contributed by atoms with Crippen molar-refractivity contribution in [3.8, 4) is 0 Å². The number of thioether (sulfide) groups is 1. The van der Waals surface area contributed by atoms with Gasteiger partial charge in [0.1, 0.15) is 0 Å². The molecule has 0 bridgehead atoms. The van der Waals surface area contributed by atoms with E-state index in [-0.39, 0.29) is 23.5 Å². The van der Waals surface area contributed by atoms with E-state index < -0.39 is 9.84 Å². The topological polar surface area (TPSA) is 54.5 Å². The molecule has 2 aliphatic heterocycles. The Balaban J connectivity index is 1.85. The van der Waals surface area contributed by atoms with Crippen molar-refractivity contribution in [3.63, 3.8) is 0 Å². The molecule has 4 nitrogen and oxygen atoms in total. The molecule has 0 aromatic carbocycles. The molecular formula is C12H21NO3S2. The Morgan fingerprint density at radius 2 is 1.94 bits per heavy atom. The summed E-state index contributed by atoms with van der Waals surface area (Å²) in [6, 6.07) is -0.0968. The number of carbonyl (C=O) groups excluding carboxylic acids is 1. The first kappa shape index (κ1) is 14.2.